The molecule has 0 amide bonds. The average Bonchev–Trinajstić information content (AvgIpc) is 2.70. The Kier molecular flexibility index (Phi) is 7.45. The van der Waals surface area contributed by atoms with Crippen LogP contribution in [0.3, 0.4) is 0 Å². The molecule has 0 aromatic carbocycles. The Morgan fingerprint density at radius 3 is 2.76 bits per heavy atom. The van der Waals surface area contributed by atoms with Crippen molar-refractivity contribution in [2.45, 2.75) is 52.1 Å². The van der Waals surface area contributed by atoms with Crippen molar-refractivity contribution in [2.75, 3.05) is 12.9 Å². The van der Waals surface area contributed by atoms with Crippen molar-refractivity contribution in [1.82, 2.24) is 0 Å². The van der Waals surface area contributed by atoms with Crippen LogP contribution in [0.5, 0.6) is 0 Å². The van der Waals surface area contributed by atoms with E-state index >= 15 is 0 Å². The molecule has 1 aliphatic carbocycles. The van der Waals surface area contributed by atoms with E-state index in [1.165, 1.54) is 22.9 Å². The van der Waals surface area contributed by atoms with E-state index < -0.39 is 5.60 Å². The molecule has 0 heterocycles. The quantitative estimate of drug-likeness (QED) is 0.564. The largest absolute Gasteiger partial charge is 0.478 e. The summed E-state index contributed by atoms with van der Waals surface area (Å²) in [5.41, 5.74) is 1.89. The average molecular weight is 329 g/mol. The molecule has 1 N–H and O–H groups in total. The molecule has 21 heavy (non-hydrogen) atoms. The lowest BCUT2D eigenvalue weighted by molar-refractivity contribution is -0.00700. The fourth-order valence-corrected chi connectivity index (χ4v) is 3.25. The normalized spacial score (nSPS) is 28.2. The Hall–Kier alpha value is -0.320. The van der Waals surface area contributed by atoms with Gasteiger partial charge in [0.15, 0.2) is 0 Å². The molecule has 0 unspecified atom stereocenters. The topological polar surface area (TPSA) is 29.5 Å². The highest BCUT2D eigenvalue weighted by atomic mass is 32.2. The Morgan fingerprint density at radius 1 is 1.52 bits per heavy atom. The summed E-state index contributed by atoms with van der Waals surface area (Å²) < 4.78 is 6.16. The Morgan fingerprint density at radius 2 is 2.19 bits per heavy atom. The van der Waals surface area contributed by atoms with Crippen molar-refractivity contribution >= 4 is 28.4 Å². The van der Waals surface area contributed by atoms with Gasteiger partial charge in [-0.15, -0.1) is 0 Å². The van der Waals surface area contributed by atoms with Crippen LogP contribution in [-0.2, 0) is 4.74 Å². The minimum absolute atomic E-state index is 0.0850. The molecular weight excluding hydrogens is 300 g/mol. The van der Waals surface area contributed by atoms with E-state index in [1.807, 2.05) is 13.2 Å². The van der Waals surface area contributed by atoms with Crippen molar-refractivity contribution in [2.24, 2.45) is 11.8 Å². The summed E-state index contributed by atoms with van der Waals surface area (Å²) in [7, 11) is 0. The van der Waals surface area contributed by atoms with Gasteiger partial charge in [-0.3, -0.25) is 0 Å². The van der Waals surface area contributed by atoms with Gasteiger partial charge < -0.3 is 9.84 Å². The van der Waals surface area contributed by atoms with Gasteiger partial charge in [-0.05, 0) is 70.8 Å². The Balaban J connectivity index is 2.64. The van der Waals surface area contributed by atoms with E-state index in [4.69, 9.17) is 17.0 Å². The van der Waals surface area contributed by atoms with Gasteiger partial charge in [0, 0.05) is 5.92 Å². The molecule has 0 aromatic heterocycles. The summed E-state index contributed by atoms with van der Waals surface area (Å²) in [5, 5.41) is 10.6. The first-order chi connectivity index (χ1) is 9.77. The minimum atomic E-state index is -0.682. The molecule has 0 spiro atoms. The molecule has 120 valence electrons. The predicted octanol–water partition coefficient (Wildman–Crippen LogP) is 4.73. The zero-order valence-corrected chi connectivity index (χ0v) is 15.3. The molecule has 0 saturated heterocycles. The summed E-state index contributed by atoms with van der Waals surface area (Å²) in [6.07, 6.45) is 7.95. The molecular formula is C17H28O2S2. The molecule has 0 aromatic rings. The number of rotatable bonds is 6. The Labute approximate surface area is 139 Å². The van der Waals surface area contributed by atoms with Crippen molar-refractivity contribution < 1.29 is 9.84 Å². The van der Waals surface area contributed by atoms with Crippen LogP contribution in [-0.4, -0.2) is 28.0 Å². The molecule has 1 aliphatic rings. The lowest BCUT2D eigenvalue weighted by Gasteiger charge is -2.30. The second kappa shape index (κ2) is 8.35. The van der Waals surface area contributed by atoms with Crippen LogP contribution in [0.15, 0.2) is 23.8 Å². The number of thioether (sulfide) groups is 1. The minimum Gasteiger partial charge on any atom is -0.478 e. The number of ether oxygens (including phenoxy) is 1. The van der Waals surface area contributed by atoms with Crippen LogP contribution in [0.4, 0.5) is 0 Å². The summed E-state index contributed by atoms with van der Waals surface area (Å²) >= 11 is 6.53. The van der Waals surface area contributed by atoms with Gasteiger partial charge >= 0.3 is 0 Å². The number of hydrogen-bond acceptors (Lipinski definition) is 4. The van der Waals surface area contributed by atoms with Crippen LogP contribution in [0.2, 0.25) is 0 Å². The number of aliphatic hydroxyl groups is 1. The molecule has 0 aliphatic heterocycles. The van der Waals surface area contributed by atoms with E-state index in [0.717, 1.165) is 25.7 Å². The maximum absolute atomic E-state index is 10.6. The Bertz CT molecular complexity index is 409. The third-order valence-electron chi connectivity index (χ3n) is 4.34. The second-order valence-corrected chi connectivity index (χ2v) is 7.76. The second-order valence-electron chi connectivity index (χ2n) is 6.35. The molecule has 0 bridgehead atoms. The molecule has 1 saturated carbocycles. The van der Waals surface area contributed by atoms with Crippen LogP contribution in [0, 0.1) is 11.8 Å². The SMILES string of the molecule is C=C(CCC=C(C)C)[C@H]1CC[C@](C)(O)[C@@H]1COC(=S)SC. The number of hydrogen-bond donors (Lipinski definition) is 1. The molecule has 1 rings (SSSR count). The number of thiocarbonyl (C=S) groups is 1. The van der Waals surface area contributed by atoms with E-state index in [1.54, 1.807) is 0 Å². The van der Waals surface area contributed by atoms with Crippen LogP contribution in [0.25, 0.3) is 0 Å². The summed E-state index contributed by atoms with van der Waals surface area (Å²) in [6.45, 7) is 10.9. The van der Waals surface area contributed by atoms with Crippen LogP contribution in [0.1, 0.15) is 46.5 Å². The summed E-state index contributed by atoms with van der Waals surface area (Å²) in [4.78, 5) is 0. The fraction of sp³-hybridized carbons (Fsp3) is 0.706. The molecule has 2 nitrogen and oxygen atoms in total. The lowest BCUT2D eigenvalue weighted by Crippen LogP contribution is -2.36. The smallest absolute Gasteiger partial charge is 0.219 e. The number of allylic oxidation sites excluding steroid dienone is 3. The van der Waals surface area contributed by atoms with Crippen molar-refractivity contribution in [3.05, 3.63) is 23.8 Å². The van der Waals surface area contributed by atoms with Gasteiger partial charge in [0.25, 0.3) is 0 Å². The molecule has 4 heteroatoms. The summed E-state index contributed by atoms with van der Waals surface area (Å²) in [5.74, 6) is 0.414. The third kappa shape index (κ3) is 5.76. The van der Waals surface area contributed by atoms with Gasteiger partial charge in [0.1, 0.15) is 0 Å². The van der Waals surface area contributed by atoms with Gasteiger partial charge in [-0.1, -0.05) is 35.6 Å². The highest BCUT2D eigenvalue weighted by Crippen LogP contribution is 2.44. The van der Waals surface area contributed by atoms with E-state index in [-0.39, 0.29) is 5.92 Å². The maximum Gasteiger partial charge on any atom is 0.219 e. The highest BCUT2D eigenvalue weighted by molar-refractivity contribution is 8.22. The maximum atomic E-state index is 10.6. The first-order valence-electron chi connectivity index (χ1n) is 7.52. The zero-order chi connectivity index (χ0) is 16.0. The highest BCUT2D eigenvalue weighted by Gasteiger charge is 2.45. The van der Waals surface area contributed by atoms with Crippen LogP contribution >= 0.6 is 24.0 Å². The van der Waals surface area contributed by atoms with E-state index in [2.05, 4.69) is 26.5 Å². The lowest BCUT2D eigenvalue weighted by atomic mass is 9.82. The fourth-order valence-electron chi connectivity index (χ4n) is 3.00. The zero-order valence-electron chi connectivity index (χ0n) is 13.6. The van der Waals surface area contributed by atoms with Crippen molar-refractivity contribution in [1.29, 1.82) is 0 Å². The summed E-state index contributed by atoms with van der Waals surface area (Å²) in [6, 6.07) is 0. The molecule has 1 fully saturated rings. The monoisotopic (exact) mass is 328 g/mol. The predicted molar refractivity (Wildman–Crippen MR) is 96.7 cm³/mol. The van der Waals surface area contributed by atoms with Crippen molar-refractivity contribution in [3.8, 4) is 0 Å². The first-order valence-corrected chi connectivity index (χ1v) is 9.15. The van der Waals surface area contributed by atoms with Gasteiger partial charge in [-0.2, -0.15) is 0 Å². The molecule has 0 radical (unpaired) electrons. The van der Waals surface area contributed by atoms with Crippen LogP contribution < -0.4 is 0 Å². The van der Waals surface area contributed by atoms with Gasteiger partial charge in [0.05, 0.1) is 12.2 Å². The van der Waals surface area contributed by atoms with Crippen molar-refractivity contribution in [3.63, 3.8) is 0 Å². The van der Waals surface area contributed by atoms with Gasteiger partial charge in [-0.25, -0.2) is 0 Å². The van der Waals surface area contributed by atoms with E-state index in [9.17, 15) is 5.11 Å². The molecule has 3 atom stereocenters. The van der Waals surface area contributed by atoms with Gasteiger partial charge in [0.2, 0.25) is 4.38 Å². The third-order valence-corrected chi connectivity index (χ3v) is 5.40. The standard InChI is InChI=1S/C17H28O2S2/c1-12(2)7-6-8-13(3)14-9-10-17(4,18)15(14)11-19-16(20)21-5/h7,14-15,18H,3,6,8-11H2,1-2,4-5H3/t14-,15-,17+/m1/s1. The first kappa shape index (κ1) is 18.7. The van der Waals surface area contributed by atoms with E-state index in [0.29, 0.717) is 16.9 Å².